The predicted molar refractivity (Wildman–Crippen MR) is 70.1 cm³/mol. The molecule has 0 saturated carbocycles. The number of halogens is 3. The second-order valence-electron chi connectivity index (χ2n) is 4.43. The number of nitrogens with zero attached hydrogens (tertiary/aromatic N) is 1. The number of anilines is 1. The molecule has 1 saturated heterocycles. The van der Waals surface area contributed by atoms with E-state index in [1.165, 1.54) is 12.1 Å². The first kappa shape index (κ1) is 14.1. The van der Waals surface area contributed by atoms with Gasteiger partial charge in [-0.3, -0.25) is 0 Å². The minimum absolute atomic E-state index is 0.0130. The molecule has 1 aromatic carbocycles. The second kappa shape index (κ2) is 5.74. The number of nitriles is 1. The molecule has 1 aliphatic rings. The van der Waals surface area contributed by atoms with Gasteiger partial charge in [0.05, 0.1) is 17.2 Å². The Morgan fingerprint density at radius 2 is 2.16 bits per heavy atom. The molecule has 1 unspecified atom stereocenters. The zero-order chi connectivity index (χ0) is 13.9. The Morgan fingerprint density at radius 1 is 1.37 bits per heavy atom. The highest BCUT2D eigenvalue weighted by Crippen LogP contribution is 2.36. The van der Waals surface area contributed by atoms with Crippen molar-refractivity contribution in [1.82, 2.24) is 0 Å². The molecule has 0 spiro atoms. The largest absolute Gasteiger partial charge is 0.418 e. The number of nitrogens with one attached hydrogen (secondary N) is 1. The van der Waals surface area contributed by atoms with Gasteiger partial charge in [-0.2, -0.15) is 30.2 Å². The first-order valence-electron chi connectivity index (χ1n) is 5.96. The molecule has 1 aliphatic heterocycles. The Labute approximate surface area is 114 Å². The summed E-state index contributed by atoms with van der Waals surface area (Å²) in [7, 11) is 0. The number of rotatable bonds is 2. The first-order valence-corrected chi connectivity index (χ1v) is 7.12. The molecular formula is C13H13F3N2S. The van der Waals surface area contributed by atoms with Crippen LogP contribution in [0, 0.1) is 11.3 Å². The summed E-state index contributed by atoms with van der Waals surface area (Å²) in [6.07, 6.45) is -2.54. The number of hydrogen-bond acceptors (Lipinski definition) is 3. The van der Waals surface area contributed by atoms with Crippen molar-refractivity contribution in [3.8, 4) is 6.07 Å². The Bertz CT molecular complexity index is 488. The van der Waals surface area contributed by atoms with E-state index >= 15 is 0 Å². The van der Waals surface area contributed by atoms with E-state index in [1.54, 1.807) is 11.8 Å². The van der Waals surface area contributed by atoms with Crippen LogP contribution in [0.5, 0.6) is 0 Å². The van der Waals surface area contributed by atoms with Gasteiger partial charge < -0.3 is 5.32 Å². The summed E-state index contributed by atoms with van der Waals surface area (Å²) in [5.74, 6) is 1.86. The highest BCUT2D eigenvalue weighted by Gasteiger charge is 2.34. The van der Waals surface area contributed by atoms with Gasteiger partial charge in [0.25, 0.3) is 0 Å². The number of alkyl halides is 3. The summed E-state index contributed by atoms with van der Waals surface area (Å²) in [4.78, 5) is 0. The molecule has 1 N–H and O–H groups in total. The number of benzene rings is 1. The maximum Gasteiger partial charge on any atom is 0.418 e. The fourth-order valence-electron chi connectivity index (χ4n) is 2.05. The van der Waals surface area contributed by atoms with Crippen LogP contribution in [-0.2, 0) is 6.18 Å². The molecule has 6 heteroatoms. The van der Waals surface area contributed by atoms with E-state index in [9.17, 15) is 13.2 Å². The Balaban J connectivity index is 2.27. The van der Waals surface area contributed by atoms with Crippen molar-refractivity contribution in [3.05, 3.63) is 29.3 Å². The summed E-state index contributed by atoms with van der Waals surface area (Å²) in [6, 6.07) is 5.35. The van der Waals surface area contributed by atoms with Crippen LogP contribution in [0.15, 0.2) is 18.2 Å². The van der Waals surface area contributed by atoms with Gasteiger partial charge in [0.2, 0.25) is 0 Å². The third-order valence-corrected chi connectivity index (χ3v) is 4.19. The van der Waals surface area contributed by atoms with Crippen LogP contribution in [0.2, 0.25) is 0 Å². The van der Waals surface area contributed by atoms with Crippen molar-refractivity contribution in [2.45, 2.75) is 25.1 Å². The van der Waals surface area contributed by atoms with Gasteiger partial charge in [-0.05, 0) is 36.8 Å². The number of hydrogen-bond donors (Lipinski definition) is 1. The SMILES string of the molecule is N#Cc1ccc(C(F)(F)F)c(NC2CCCSC2)c1. The molecule has 102 valence electrons. The average Bonchev–Trinajstić information content (AvgIpc) is 2.38. The lowest BCUT2D eigenvalue weighted by molar-refractivity contribution is -0.137. The first-order chi connectivity index (χ1) is 9.00. The van der Waals surface area contributed by atoms with E-state index < -0.39 is 11.7 Å². The lowest BCUT2D eigenvalue weighted by atomic mass is 10.1. The summed E-state index contributed by atoms with van der Waals surface area (Å²) in [5, 5.41) is 11.7. The van der Waals surface area contributed by atoms with E-state index in [2.05, 4.69) is 5.32 Å². The summed E-state index contributed by atoms with van der Waals surface area (Å²) >= 11 is 1.74. The minimum atomic E-state index is -4.40. The van der Waals surface area contributed by atoms with E-state index in [4.69, 9.17) is 5.26 Å². The van der Waals surface area contributed by atoms with Crippen LogP contribution in [0.4, 0.5) is 18.9 Å². The van der Waals surface area contributed by atoms with Crippen LogP contribution in [-0.4, -0.2) is 17.5 Å². The fourth-order valence-corrected chi connectivity index (χ4v) is 3.13. The molecule has 1 heterocycles. The molecule has 2 rings (SSSR count). The summed E-state index contributed by atoms with van der Waals surface area (Å²) in [6.45, 7) is 0. The third-order valence-electron chi connectivity index (χ3n) is 2.97. The maximum atomic E-state index is 12.9. The second-order valence-corrected chi connectivity index (χ2v) is 5.58. The van der Waals surface area contributed by atoms with Crippen molar-refractivity contribution in [2.75, 3.05) is 16.8 Å². The molecule has 0 amide bonds. The summed E-state index contributed by atoms with van der Waals surface area (Å²) < 4.78 is 38.7. The fraction of sp³-hybridized carbons (Fsp3) is 0.462. The summed E-state index contributed by atoms with van der Waals surface area (Å²) in [5.41, 5.74) is -0.458. The highest BCUT2D eigenvalue weighted by molar-refractivity contribution is 7.99. The van der Waals surface area contributed by atoms with E-state index in [0.717, 1.165) is 30.4 Å². The lowest BCUT2D eigenvalue weighted by Crippen LogP contribution is -2.27. The Hall–Kier alpha value is -1.35. The lowest BCUT2D eigenvalue weighted by Gasteiger charge is -2.25. The van der Waals surface area contributed by atoms with E-state index in [-0.39, 0.29) is 17.3 Å². The monoisotopic (exact) mass is 286 g/mol. The molecule has 0 aliphatic carbocycles. The molecule has 1 atom stereocenters. The van der Waals surface area contributed by atoms with Gasteiger partial charge in [0.15, 0.2) is 0 Å². The molecule has 1 fully saturated rings. The predicted octanol–water partition coefficient (Wildman–Crippen LogP) is 3.88. The normalized spacial score (nSPS) is 19.8. The minimum Gasteiger partial charge on any atom is -0.381 e. The standard InChI is InChI=1S/C13H13F3N2S/c14-13(15,16)11-4-3-9(7-17)6-12(11)18-10-2-1-5-19-8-10/h3-4,6,10,18H,1-2,5,8H2. The Morgan fingerprint density at radius 3 is 2.74 bits per heavy atom. The highest BCUT2D eigenvalue weighted by atomic mass is 32.2. The molecule has 1 aromatic rings. The van der Waals surface area contributed by atoms with Crippen molar-refractivity contribution in [3.63, 3.8) is 0 Å². The maximum absolute atomic E-state index is 12.9. The molecule has 19 heavy (non-hydrogen) atoms. The molecular weight excluding hydrogens is 273 g/mol. The zero-order valence-electron chi connectivity index (χ0n) is 10.1. The van der Waals surface area contributed by atoms with Crippen molar-refractivity contribution in [1.29, 1.82) is 5.26 Å². The van der Waals surface area contributed by atoms with Gasteiger partial charge in [-0.25, -0.2) is 0 Å². The molecule has 0 bridgehead atoms. The number of thioether (sulfide) groups is 1. The quantitative estimate of drug-likeness (QED) is 0.896. The van der Waals surface area contributed by atoms with Gasteiger partial charge in [-0.1, -0.05) is 0 Å². The average molecular weight is 286 g/mol. The van der Waals surface area contributed by atoms with Crippen molar-refractivity contribution >= 4 is 17.4 Å². The van der Waals surface area contributed by atoms with Crippen molar-refractivity contribution < 1.29 is 13.2 Å². The third kappa shape index (κ3) is 3.57. The zero-order valence-corrected chi connectivity index (χ0v) is 10.9. The van der Waals surface area contributed by atoms with Crippen LogP contribution in [0.25, 0.3) is 0 Å². The van der Waals surface area contributed by atoms with E-state index in [0.29, 0.717) is 0 Å². The van der Waals surface area contributed by atoms with Crippen LogP contribution >= 0.6 is 11.8 Å². The topological polar surface area (TPSA) is 35.8 Å². The Kier molecular flexibility index (Phi) is 4.25. The molecule has 0 radical (unpaired) electrons. The van der Waals surface area contributed by atoms with Crippen LogP contribution in [0.1, 0.15) is 24.0 Å². The van der Waals surface area contributed by atoms with Crippen LogP contribution in [0.3, 0.4) is 0 Å². The smallest absolute Gasteiger partial charge is 0.381 e. The van der Waals surface area contributed by atoms with Gasteiger partial charge in [-0.15, -0.1) is 0 Å². The molecule has 0 aromatic heterocycles. The van der Waals surface area contributed by atoms with Gasteiger partial charge in [0, 0.05) is 17.5 Å². The van der Waals surface area contributed by atoms with Gasteiger partial charge >= 0.3 is 6.18 Å². The van der Waals surface area contributed by atoms with Crippen molar-refractivity contribution in [2.24, 2.45) is 0 Å². The van der Waals surface area contributed by atoms with Crippen LogP contribution < -0.4 is 5.32 Å². The van der Waals surface area contributed by atoms with E-state index in [1.807, 2.05) is 6.07 Å². The molecule has 2 nitrogen and oxygen atoms in total. The van der Waals surface area contributed by atoms with Gasteiger partial charge in [0.1, 0.15) is 0 Å².